The van der Waals surface area contributed by atoms with Gasteiger partial charge in [-0.1, -0.05) is 11.6 Å². The van der Waals surface area contributed by atoms with Crippen LogP contribution >= 0.6 is 11.6 Å². The summed E-state index contributed by atoms with van der Waals surface area (Å²) in [7, 11) is 0. The molecule has 1 unspecified atom stereocenters. The highest BCUT2D eigenvalue weighted by Gasteiger charge is 2.23. The van der Waals surface area contributed by atoms with Crippen molar-refractivity contribution in [3.8, 4) is 0 Å². The maximum Gasteiger partial charge on any atom is 0.252 e. The zero-order chi connectivity index (χ0) is 14.5. The molecule has 0 saturated carbocycles. The Morgan fingerprint density at radius 3 is 2.85 bits per heavy atom. The molecule has 6 heteroatoms. The van der Waals surface area contributed by atoms with Gasteiger partial charge < -0.3 is 15.4 Å². The Labute approximate surface area is 122 Å². The van der Waals surface area contributed by atoms with Crippen LogP contribution in [-0.2, 0) is 9.53 Å². The number of carbonyl (C=O) groups is 2. The van der Waals surface area contributed by atoms with Crippen molar-refractivity contribution in [1.29, 1.82) is 0 Å². The summed E-state index contributed by atoms with van der Waals surface area (Å²) in [6, 6.07) is 4.86. The van der Waals surface area contributed by atoms with Crippen LogP contribution in [0.3, 0.4) is 0 Å². The predicted octanol–water partition coefficient (Wildman–Crippen LogP) is 2.06. The van der Waals surface area contributed by atoms with Gasteiger partial charge in [0, 0.05) is 18.8 Å². The fourth-order valence-electron chi connectivity index (χ4n) is 2.02. The topological polar surface area (TPSA) is 67.4 Å². The summed E-state index contributed by atoms with van der Waals surface area (Å²) in [4.78, 5) is 23.6. The first kappa shape index (κ1) is 14.8. The molecule has 20 heavy (non-hydrogen) atoms. The molecule has 1 aliphatic heterocycles. The van der Waals surface area contributed by atoms with Gasteiger partial charge in [-0.2, -0.15) is 0 Å². The molecule has 0 radical (unpaired) electrons. The van der Waals surface area contributed by atoms with E-state index in [0.29, 0.717) is 36.0 Å². The van der Waals surface area contributed by atoms with Gasteiger partial charge in [-0.05, 0) is 31.5 Å². The number of amides is 2. The molecule has 2 N–H and O–H groups in total. The molecule has 1 heterocycles. The Balaban J connectivity index is 2.05. The van der Waals surface area contributed by atoms with Gasteiger partial charge in [0.05, 0.1) is 23.1 Å². The van der Waals surface area contributed by atoms with E-state index in [1.54, 1.807) is 18.2 Å². The zero-order valence-corrected chi connectivity index (χ0v) is 12.0. The Kier molecular flexibility index (Phi) is 4.98. The van der Waals surface area contributed by atoms with Gasteiger partial charge >= 0.3 is 0 Å². The molecule has 1 aliphatic rings. The Hall–Kier alpha value is -1.59. The molecule has 0 aromatic heterocycles. The molecular weight excluding hydrogens is 280 g/mol. The molecule has 0 aliphatic carbocycles. The van der Waals surface area contributed by atoms with Crippen LogP contribution in [0.5, 0.6) is 0 Å². The third kappa shape index (κ3) is 3.49. The van der Waals surface area contributed by atoms with E-state index < -0.39 is 0 Å². The molecule has 0 spiro atoms. The second-order valence-corrected chi connectivity index (χ2v) is 5.01. The van der Waals surface area contributed by atoms with E-state index in [2.05, 4.69) is 10.6 Å². The first-order valence-corrected chi connectivity index (χ1v) is 6.96. The third-order valence-corrected chi connectivity index (χ3v) is 3.43. The normalized spacial score (nSPS) is 17.8. The number of nitrogens with one attached hydrogen (secondary N) is 2. The molecule has 1 atom stereocenters. The summed E-state index contributed by atoms with van der Waals surface area (Å²) in [6.45, 7) is 3.45. The van der Waals surface area contributed by atoms with E-state index in [9.17, 15) is 9.59 Å². The fourth-order valence-corrected chi connectivity index (χ4v) is 2.28. The van der Waals surface area contributed by atoms with Gasteiger partial charge in [-0.15, -0.1) is 0 Å². The third-order valence-electron chi connectivity index (χ3n) is 3.12. The SMILES string of the molecule is CCNC(=O)c1ccc(NC(=O)C2CCOC2)cc1Cl. The molecule has 108 valence electrons. The van der Waals surface area contributed by atoms with Gasteiger partial charge in [-0.25, -0.2) is 0 Å². The standard InChI is InChI=1S/C14H17ClN2O3/c1-2-16-14(19)11-4-3-10(7-12(11)15)17-13(18)9-5-6-20-8-9/h3-4,7,9H,2,5-6,8H2,1H3,(H,16,19)(H,17,18). The Morgan fingerprint density at radius 1 is 1.45 bits per heavy atom. The first-order valence-electron chi connectivity index (χ1n) is 6.58. The highest BCUT2D eigenvalue weighted by molar-refractivity contribution is 6.34. The lowest BCUT2D eigenvalue weighted by molar-refractivity contribution is -0.119. The fraction of sp³-hybridized carbons (Fsp3) is 0.429. The largest absolute Gasteiger partial charge is 0.381 e. The molecule has 1 saturated heterocycles. The van der Waals surface area contributed by atoms with Gasteiger partial charge in [0.1, 0.15) is 0 Å². The molecule has 1 aromatic carbocycles. The van der Waals surface area contributed by atoms with Crippen molar-refractivity contribution in [2.45, 2.75) is 13.3 Å². The van der Waals surface area contributed by atoms with E-state index in [0.717, 1.165) is 6.42 Å². The molecule has 2 rings (SSSR count). The van der Waals surface area contributed by atoms with E-state index in [-0.39, 0.29) is 17.7 Å². The van der Waals surface area contributed by atoms with Crippen LogP contribution in [0.4, 0.5) is 5.69 Å². The lowest BCUT2D eigenvalue weighted by Gasteiger charge is -2.11. The van der Waals surface area contributed by atoms with E-state index in [1.807, 2.05) is 6.92 Å². The average Bonchev–Trinajstić information content (AvgIpc) is 2.93. The Morgan fingerprint density at radius 2 is 2.25 bits per heavy atom. The quantitative estimate of drug-likeness (QED) is 0.894. The zero-order valence-electron chi connectivity index (χ0n) is 11.2. The summed E-state index contributed by atoms with van der Waals surface area (Å²) >= 11 is 6.07. The maximum absolute atomic E-state index is 11.9. The number of hydrogen-bond acceptors (Lipinski definition) is 3. The second kappa shape index (κ2) is 6.72. The molecule has 0 bridgehead atoms. The van der Waals surface area contributed by atoms with Crippen molar-refractivity contribution < 1.29 is 14.3 Å². The number of anilines is 1. The molecular formula is C14H17ClN2O3. The number of carbonyl (C=O) groups excluding carboxylic acids is 2. The second-order valence-electron chi connectivity index (χ2n) is 4.60. The smallest absolute Gasteiger partial charge is 0.252 e. The number of ether oxygens (including phenoxy) is 1. The highest BCUT2D eigenvalue weighted by Crippen LogP contribution is 2.22. The van der Waals surface area contributed by atoms with Crippen LogP contribution in [0.1, 0.15) is 23.7 Å². The molecule has 5 nitrogen and oxygen atoms in total. The van der Waals surface area contributed by atoms with Crippen LogP contribution in [-0.4, -0.2) is 31.6 Å². The number of halogens is 1. The van der Waals surface area contributed by atoms with E-state index in [4.69, 9.17) is 16.3 Å². The van der Waals surface area contributed by atoms with Gasteiger partial charge in [0.25, 0.3) is 5.91 Å². The van der Waals surface area contributed by atoms with E-state index in [1.165, 1.54) is 0 Å². The lowest BCUT2D eigenvalue weighted by atomic mass is 10.1. The van der Waals surface area contributed by atoms with Crippen molar-refractivity contribution in [2.24, 2.45) is 5.92 Å². The van der Waals surface area contributed by atoms with Crippen molar-refractivity contribution in [1.82, 2.24) is 5.32 Å². The van der Waals surface area contributed by atoms with E-state index >= 15 is 0 Å². The monoisotopic (exact) mass is 296 g/mol. The van der Waals surface area contributed by atoms with Gasteiger partial charge in [0.2, 0.25) is 5.91 Å². The van der Waals surface area contributed by atoms with Crippen LogP contribution in [0, 0.1) is 5.92 Å². The number of benzene rings is 1. The maximum atomic E-state index is 11.9. The summed E-state index contributed by atoms with van der Waals surface area (Å²) < 4.78 is 5.18. The van der Waals surface area contributed by atoms with Crippen molar-refractivity contribution in [3.63, 3.8) is 0 Å². The number of rotatable bonds is 4. The molecule has 1 aromatic rings. The minimum Gasteiger partial charge on any atom is -0.381 e. The average molecular weight is 297 g/mol. The summed E-state index contributed by atoms with van der Waals surface area (Å²) in [5.41, 5.74) is 0.982. The van der Waals surface area contributed by atoms with Crippen LogP contribution in [0.15, 0.2) is 18.2 Å². The molecule has 2 amide bonds. The van der Waals surface area contributed by atoms with Crippen LogP contribution < -0.4 is 10.6 Å². The van der Waals surface area contributed by atoms with Crippen molar-refractivity contribution in [3.05, 3.63) is 28.8 Å². The molecule has 1 fully saturated rings. The summed E-state index contributed by atoms with van der Waals surface area (Å²) in [5.74, 6) is -0.416. The first-order chi connectivity index (χ1) is 9.61. The minimum atomic E-state index is -0.223. The lowest BCUT2D eigenvalue weighted by Crippen LogP contribution is -2.24. The van der Waals surface area contributed by atoms with Gasteiger partial charge in [-0.3, -0.25) is 9.59 Å². The van der Waals surface area contributed by atoms with Crippen molar-refractivity contribution in [2.75, 3.05) is 25.1 Å². The summed E-state index contributed by atoms with van der Waals surface area (Å²) in [6.07, 6.45) is 0.733. The predicted molar refractivity (Wildman–Crippen MR) is 77.0 cm³/mol. The van der Waals surface area contributed by atoms with Crippen LogP contribution in [0.2, 0.25) is 5.02 Å². The van der Waals surface area contributed by atoms with Crippen LogP contribution in [0.25, 0.3) is 0 Å². The Bertz CT molecular complexity index is 513. The van der Waals surface area contributed by atoms with Gasteiger partial charge in [0.15, 0.2) is 0 Å². The number of hydrogen-bond donors (Lipinski definition) is 2. The van der Waals surface area contributed by atoms with Crippen molar-refractivity contribution >= 4 is 29.1 Å². The highest BCUT2D eigenvalue weighted by atomic mass is 35.5. The summed E-state index contributed by atoms with van der Waals surface area (Å²) in [5, 5.41) is 5.78. The minimum absolute atomic E-state index is 0.0793.